The normalized spacial score (nSPS) is 20.0. The summed E-state index contributed by atoms with van der Waals surface area (Å²) in [5.74, 6) is 1.46. The number of anilines is 1. The first-order valence-electron chi connectivity index (χ1n) is 10.4. The molecule has 0 aliphatic carbocycles. The number of aromatic nitrogens is 1. The summed E-state index contributed by atoms with van der Waals surface area (Å²) >= 11 is 7.06. The number of hydrogen-bond donors (Lipinski definition) is 1. The molecule has 5 nitrogen and oxygen atoms in total. The molecule has 1 aromatic carbocycles. The van der Waals surface area contributed by atoms with E-state index in [0.717, 1.165) is 41.8 Å². The number of carbonyl (C=O) groups excluding carboxylic acids is 1. The number of benzene rings is 1. The molecule has 2 aliphatic heterocycles. The molecule has 0 saturated carbocycles. The van der Waals surface area contributed by atoms with Crippen LogP contribution in [-0.4, -0.2) is 38.5 Å². The Bertz CT molecular complexity index is 1000. The number of likely N-dealkylation sites (tertiary alicyclic amines) is 1. The molecule has 0 radical (unpaired) electrons. The molecule has 2 aliphatic rings. The van der Waals surface area contributed by atoms with E-state index in [2.05, 4.69) is 30.1 Å². The Morgan fingerprint density at radius 2 is 1.93 bits per heavy atom. The maximum Gasteiger partial charge on any atom is 0.250 e. The Morgan fingerprint density at radius 1 is 1.17 bits per heavy atom. The van der Waals surface area contributed by atoms with Gasteiger partial charge in [-0.2, -0.15) is 0 Å². The first-order valence-corrected chi connectivity index (χ1v) is 11.8. The first-order chi connectivity index (χ1) is 14.4. The van der Waals surface area contributed by atoms with Crippen LogP contribution in [-0.2, 0) is 11.3 Å². The Morgan fingerprint density at radius 3 is 2.67 bits per heavy atom. The summed E-state index contributed by atoms with van der Waals surface area (Å²) in [6.45, 7) is 6.71. The molecule has 0 unspecified atom stereocenters. The second-order valence-corrected chi connectivity index (χ2v) is 10.1. The van der Waals surface area contributed by atoms with Crippen molar-refractivity contribution in [2.24, 2.45) is 5.92 Å². The standard InChI is InChI=1S/C23H27N3O2S2/c1-15(2)17-6-8-19(9-7-17)24-21(27)14-30-23(29)25-11-16-10-18(13-25)20-4-3-5-22(28)26(20)12-16/h3-9,15-16,18H,10-14H2,1-2H3,(H,24,27)/t16-,18-/m0/s1. The predicted molar refractivity (Wildman–Crippen MR) is 127 cm³/mol. The number of rotatable bonds is 4. The minimum absolute atomic E-state index is 0.0475. The van der Waals surface area contributed by atoms with E-state index in [1.165, 1.54) is 17.3 Å². The number of nitrogens with zero attached hydrogens (tertiary/aromatic N) is 2. The molecule has 1 fully saturated rings. The number of piperidine rings is 1. The minimum atomic E-state index is -0.0475. The molecule has 2 bridgehead atoms. The highest BCUT2D eigenvalue weighted by atomic mass is 32.2. The quantitative estimate of drug-likeness (QED) is 0.726. The average Bonchev–Trinajstić information content (AvgIpc) is 2.73. The average molecular weight is 442 g/mol. The van der Waals surface area contributed by atoms with Gasteiger partial charge in [0.05, 0.1) is 5.75 Å². The van der Waals surface area contributed by atoms with Gasteiger partial charge in [0.25, 0.3) is 5.56 Å². The number of fused-ring (bicyclic) bond motifs is 4. The number of amides is 1. The van der Waals surface area contributed by atoms with Crippen molar-refractivity contribution in [2.75, 3.05) is 24.2 Å². The van der Waals surface area contributed by atoms with Gasteiger partial charge in [-0.3, -0.25) is 9.59 Å². The Kier molecular flexibility index (Phi) is 6.29. The van der Waals surface area contributed by atoms with Gasteiger partial charge in [-0.15, -0.1) is 0 Å². The lowest BCUT2D eigenvalue weighted by Crippen LogP contribution is -2.48. The molecular formula is C23H27N3O2S2. The van der Waals surface area contributed by atoms with Crippen LogP contribution >= 0.6 is 24.0 Å². The Balaban J connectivity index is 1.31. The number of pyridine rings is 1. The van der Waals surface area contributed by atoms with Gasteiger partial charge in [0.1, 0.15) is 4.32 Å². The van der Waals surface area contributed by atoms with Gasteiger partial charge in [0.2, 0.25) is 5.91 Å². The topological polar surface area (TPSA) is 54.3 Å². The van der Waals surface area contributed by atoms with Crippen molar-refractivity contribution in [3.05, 3.63) is 64.1 Å². The zero-order valence-corrected chi connectivity index (χ0v) is 19.0. The molecule has 1 N–H and O–H groups in total. The summed E-state index contributed by atoms with van der Waals surface area (Å²) < 4.78 is 2.69. The van der Waals surface area contributed by atoms with Crippen LogP contribution in [0.25, 0.3) is 0 Å². The van der Waals surface area contributed by atoms with Crippen LogP contribution in [0.15, 0.2) is 47.3 Å². The summed E-state index contributed by atoms with van der Waals surface area (Å²) in [6, 6.07) is 13.5. The molecule has 3 heterocycles. The van der Waals surface area contributed by atoms with Crippen LogP contribution in [0.1, 0.15) is 43.4 Å². The molecule has 0 spiro atoms. The fourth-order valence-electron chi connectivity index (χ4n) is 4.41. The van der Waals surface area contributed by atoms with Crippen molar-refractivity contribution in [1.29, 1.82) is 0 Å². The van der Waals surface area contributed by atoms with E-state index in [1.807, 2.05) is 34.9 Å². The smallest absolute Gasteiger partial charge is 0.250 e. The summed E-state index contributed by atoms with van der Waals surface area (Å²) in [4.78, 5) is 26.7. The maximum atomic E-state index is 12.4. The third kappa shape index (κ3) is 4.62. The fraction of sp³-hybridized carbons (Fsp3) is 0.435. The molecule has 1 amide bonds. The second-order valence-electron chi connectivity index (χ2n) is 8.48. The van der Waals surface area contributed by atoms with Crippen molar-refractivity contribution in [2.45, 2.75) is 38.6 Å². The van der Waals surface area contributed by atoms with E-state index < -0.39 is 0 Å². The highest BCUT2D eigenvalue weighted by molar-refractivity contribution is 8.23. The molecule has 158 valence electrons. The van der Waals surface area contributed by atoms with Crippen LogP contribution in [0.5, 0.6) is 0 Å². The van der Waals surface area contributed by atoms with Gasteiger partial charge in [-0.1, -0.05) is 56.0 Å². The third-order valence-electron chi connectivity index (χ3n) is 5.93. The number of hydrogen-bond acceptors (Lipinski definition) is 4. The van der Waals surface area contributed by atoms with Crippen LogP contribution < -0.4 is 10.9 Å². The molecule has 1 aromatic heterocycles. The van der Waals surface area contributed by atoms with E-state index in [9.17, 15) is 9.59 Å². The lowest BCUT2D eigenvalue weighted by Gasteiger charge is -2.43. The molecule has 4 rings (SSSR count). The van der Waals surface area contributed by atoms with Gasteiger partial charge < -0.3 is 14.8 Å². The van der Waals surface area contributed by atoms with E-state index in [1.54, 1.807) is 6.07 Å². The van der Waals surface area contributed by atoms with Crippen LogP contribution in [0.3, 0.4) is 0 Å². The minimum Gasteiger partial charge on any atom is -0.356 e. The van der Waals surface area contributed by atoms with Gasteiger partial charge >= 0.3 is 0 Å². The first kappa shape index (κ1) is 21.1. The molecule has 30 heavy (non-hydrogen) atoms. The van der Waals surface area contributed by atoms with Crippen molar-refractivity contribution < 1.29 is 4.79 Å². The highest BCUT2D eigenvalue weighted by Crippen LogP contribution is 2.36. The van der Waals surface area contributed by atoms with Gasteiger partial charge in [0, 0.05) is 43.0 Å². The van der Waals surface area contributed by atoms with Crippen LogP contribution in [0.4, 0.5) is 5.69 Å². The number of thioether (sulfide) groups is 1. The molecule has 7 heteroatoms. The molecule has 2 aromatic rings. The molecule has 1 saturated heterocycles. The summed E-state index contributed by atoms with van der Waals surface area (Å²) in [5, 5.41) is 2.95. The predicted octanol–water partition coefficient (Wildman–Crippen LogP) is 4.05. The third-order valence-corrected chi connectivity index (χ3v) is 7.45. The van der Waals surface area contributed by atoms with Crippen molar-refractivity contribution in [3.8, 4) is 0 Å². The number of carbonyl (C=O) groups is 1. The van der Waals surface area contributed by atoms with Crippen LogP contribution in [0.2, 0.25) is 0 Å². The Labute approximate surface area is 186 Å². The second kappa shape index (κ2) is 8.94. The van der Waals surface area contributed by atoms with Gasteiger partial charge in [-0.25, -0.2) is 0 Å². The molecule has 2 atom stereocenters. The Hall–Kier alpha value is -2.12. The van der Waals surface area contributed by atoms with E-state index >= 15 is 0 Å². The maximum absolute atomic E-state index is 12.4. The summed E-state index contributed by atoms with van der Waals surface area (Å²) in [5.41, 5.74) is 3.26. The number of thiocarbonyl (C=S) groups is 1. The highest BCUT2D eigenvalue weighted by Gasteiger charge is 2.35. The van der Waals surface area contributed by atoms with Crippen molar-refractivity contribution >= 4 is 39.9 Å². The van der Waals surface area contributed by atoms with E-state index in [0.29, 0.717) is 23.5 Å². The lowest BCUT2D eigenvalue weighted by molar-refractivity contribution is -0.113. The van der Waals surface area contributed by atoms with E-state index in [-0.39, 0.29) is 11.5 Å². The molecular weight excluding hydrogens is 414 g/mol. The zero-order valence-electron chi connectivity index (χ0n) is 17.3. The van der Waals surface area contributed by atoms with Crippen LogP contribution in [0, 0.1) is 5.92 Å². The van der Waals surface area contributed by atoms with Gasteiger partial charge in [-0.05, 0) is 42.0 Å². The summed E-state index contributed by atoms with van der Waals surface area (Å²) in [7, 11) is 0. The van der Waals surface area contributed by atoms with E-state index in [4.69, 9.17) is 12.2 Å². The zero-order chi connectivity index (χ0) is 21.3. The fourth-order valence-corrected chi connectivity index (χ4v) is 5.40. The lowest BCUT2D eigenvalue weighted by atomic mass is 9.83. The number of nitrogens with one attached hydrogen (secondary N) is 1. The van der Waals surface area contributed by atoms with Crippen molar-refractivity contribution in [1.82, 2.24) is 9.47 Å². The van der Waals surface area contributed by atoms with Gasteiger partial charge in [0.15, 0.2) is 0 Å². The monoisotopic (exact) mass is 441 g/mol. The van der Waals surface area contributed by atoms with Crippen molar-refractivity contribution in [3.63, 3.8) is 0 Å². The summed E-state index contributed by atoms with van der Waals surface area (Å²) in [6.07, 6.45) is 1.10. The largest absolute Gasteiger partial charge is 0.356 e. The SMILES string of the molecule is CC(C)c1ccc(NC(=O)CSC(=S)N2C[C@@H]3C[C@@H](C2)c2cccc(=O)n2C3)cc1.